The van der Waals surface area contributed by atoms with E-state index in [1.807, 2.05) is 6.20 Å². The van der Waals surface area contributed by atoms with Gasteiger partial charge in [0.15, 0.2) is 0 Å². The summed E-state index contributed by atoms with van der Waals surface area (Å²) >= 11 is 0. The van der Waals surface area contributed by atoms with Crippen molar-refractivity contribution in [3.8, 4) is 0 Å². The molecule has 0 radical (unpaired) electrons. The molecule has 26 heavy (non-hydrogen) atoms. The van der Waals surface area contributed by atoms with Gasteiger partial charge in [-0.05, 0) is 61.4 Å². The van der Waals surface area contributed by atoms with Crippen molar-refractivity contribution in [3.63, 3.8) is 0 Å². The van der Waals surface area contributed by atoms with Crippen molar-refractivity contribution in [3.05, 3.63) is 77.5 Å². The SMILES string of the molecule is CCCNCc1ccc(CCCCCc2ccccc2)c2cccnc12. The second kappa shape index (κ2) is 10.1. The first-order valence-electron chi connectivity index (χ1n) is 9.98. The van der Waals surface area contributed by atoms with Crippen LogP contribution in [0.4, 0.5) is 0 Å². The van der Waals surface area contributed by atoms with Gasteiger partial charge in [-0.15, -0.1) is 0 Å². The van der Waals surface area contributed by atoms with Crippen molar-refractivity contribution in [1.82, 2.24) is 10.3 Å². The Labute approximate surface area is 157 Å². The minimum atomic E-state index is 0.901. The molecule has 3 rings (SSSR count). The molecule has 0 aliphatic rings. The lowest BCUT2D eigenvalue weighted by molar-refractivity contribution is 0.674. The number of rotatable bonds is 10. The van der Waals surface area contributed by atoms with Gasteiger partial charge in [-0.2, -0.15) is 0 Å². The fraction of sp³-hybridized carbons (Fsp3) is 0.375. The maximum Gasteiger partial charge on any atom is 0.0749 e. The number of nitrogens with zero attached hydrogens (tertiary/aromatic N) is 1. The van der Waals surface area contributed by atoms with Crippen LogP contribution in [0.5, 0.6) is 0 Å². The minimum absolute atomic E-state index is 0.901. The Kier molecular flexibility index (Phi) is 7.21. The largest absolute Gasteiger partial charge is 0.313 e. The first-order chi connectivity index (χ1) is 12.9. The van der Waals surface area contributed by atoms with Gasteiger partial charge in [0, 0.05) is 18.1 Å². The van der Waals surface area contributed by atoms with Crippen LogP contribution in [0.25, 0.3) is 10.9 Å². The van der Waals surface area contributed by atoms with Crippen LogP contribution in [-0.2, 0) is 19.4 Å². The predicted octanol–water partition coefficient (Wildman–Crippen LogP) is 5.69. The zero-order valence-electron chi connectivity index (χ0n) is 15.9. The fourth-order valence-corrected chi connectivity index (χ4v) is 3.52. The molecule has 0 spiro atoms. The molecule has 0 aliphatic carbocycles. The summed E-state index contributed by atoms with van der Waals surface area (Å²) < 4.78 is 0. The van der Waals surface area contributed by atoms with Gasteiger partial charge in [0.1, 0.15) is 0 Å². The number of benzene rings is 2. The summed E-state index contributed by atoms with van der Waals surface area (Å²) in [6.45, 7) is 4.15. The second-order valence-corrected chi connectivity index (χ2v) is 7.01. The topological polar surface area (TPSA) is 24.9 Å². The number of fused-ring (bicyclic) bond motifs is 1. The molecule has 136 valence electrons. The van der Waals surface area contributed by atoms with Gasteiger partial charge >= 0.3 is 0 Å². The molecule has 0 atom stereocenters. The number of aryl methyl sites for hydroxylation is 2. The van der Waals surface area contributed by atoms with Crippen LogP contribution in [0.2, 0.25) is 0 Å². The quantitative estimate of drug-likeness (QED) is 0.477. The van der Waals surface area contributed by atoms with Crippen molar-refractivity contribution < 1.29 is 0 Å². The molecule has 1 aromatic heterocycles. The van der Waals surface area contributed by atoms with Crippen molar-refractivity contribution in [1.29, 1.82) is 0 Å². The van der Waals surface area contributed by atoms with Gasteiger partial charge in [0.05, 0.1) is 5.52 Å². The first-order valence-corrected chi connectivity index (χ1v) is 9.98. The highest BCUT2D eigenvalue weighted by molar-refractivity contribution is 5.85. The predicted molar refractivity (Wildman–Crippen MR) is 111 cm³/mol. The molecule has 0 saturated heterocycles. The standard InChI is InChI=1S/C24H30N2/c1-2-17-25-19-22-16-15-21(23-14-9-18-26-24(22)23)13-8-4-7-12-20-10-5-3-6-11-20/h3,5-6,9-11,14-16,18,25H,2,4,7-8,12-13,17,19H2,1H3. The second-order valence-electron chi connectivity index (χ2n) is 7.01. The zero-order valence-corrected chi connectivity index (χ0v) is 15.9. The molecular weight excluding hydrogens is 316 g/mol. The highest BCUT2D eigenvalue weighted by atomic mass is 14.8. The third-order valence-corrected chi connectivity index (χ3v) is 4.94. The Morgan fingerprint density at radius 2 is 1.62 bits per heavy atom. The lowest BCUT2D eigenvalue weighted by atomic mass is 9.98. The zero-order chi connectivity index (χ0) is 18.0. The van der Waals surface area contributed by atoms with Crippen LogP contribution in [0.3, 0.4) is 0 Å². The number of unbranched alkanes of at least 4 members (excludes halogenated alkanes) is 2. The van der Waals surface area contributed by atoms with Gasteiger partial charge in [-0.1, -0.05) is 61.9 Å². The van der Waals surface area contributed by atoms with Crippen LogP contribution in [0.1, 0.15) is 49.3 Å². The summed E-state index contributed by atoms with van der Waals surface area (Å²) in [7, 11) is 0. The highest BCUT2D eigenvalue weighted by Gasteiger charge is 2.07. The van der Waals surface area contributed by atoms with E-state index in [1.54, 1.807) is 0 Å². The normalized spacial score (nSPS) is 11.1. The van der Waals surface area contributed by atoms with Crippen molar-refractivity contribution in [2.24, 2.45) is 0 Å². The molecule has 0 unspecified atom stereocenters. The molecule has 1 heterocycles. The molecule has 2 heteroatoms. The van der Waals surface area contributed by atoms with E-state index in [4.69, 9.17) is 0 Å². The van der Waals surface area contributed by atoms with E-state index in [9.17, 15) is 0 Å². The molecule has 0 saturated carbocycles. The third-order valence-electron chi connectivity index (χ3n) is 4.94. The molecule has 0 fully saturated rings. The molecule has 1 N–H and O–H groups in total. The highest BCUT2D eigenvalue weighted by Crippen LogP contribution is 2.23. The summed E-state index contributed by atoms with van der Waals surface area (Å²) in [5, 5.41) is 4.82. The fourth-order valence-electron chi connectivity index (χ4n) is 3.52. The Morgan fingerprint density at radius 1 is 0.808 bits per heavy atom. The number of pyridine rings is 1. The molecule has 0 bridgehead atoms. The maximum absolute atomic E-state index is 4.66. The summed E-state index contributed by atoms with van der Waals surface area (Å²) in [5.41, 5.74) is 5.36. The van der Waals surface area contributed by atoms with Gasteiger partial charge in [-0.25, -0.2) is 0 Å². The van der Waals surface area contributed by atoms with Crippen LogP contribution in [-0.4, -0.2) is 11.5 Å². The van der Waals surface area contributed by atoms with E-state index in [0.29, 0.717) is 0 Å². The van der Waals surface area contributed by atoms with Crippen LogP contribution in [0.15, 0.2) is 60.8 Å². The van der Waals surface area contributed by atoms with Gasteiger partial charge in [0.25, 0.3) is 0 Å². The number of hydrogen-bond acceptors (Lipinski definition) is 2. The monoisotopic (exact) mass is 346 g/mol. The maximum atomic E-state index is 4.66. The van der Waals surface area contributed by atoms with Crippen molar-refractivity contribution in [2.45, 2.75) is 52.0 Å². The lowest BCUT2D eigenvalue weighted by Gasteiger charge is -2.11. The van der Waals surface area contributed by atoms with E-state index >= 15 is 0 Å². The third kappa shape index (κ3) is 5.15. The average Bonchev–Trinajstić information content (AvgIpc) is 2.70. The Bertz CT molecular complexity index is 796. The summed E-state index contributed by atoms with van der Waals surface area (Å²) in [6.07, 6.45) is 9.17. The average molecular weight is 347 g/mol. The van der Waals surface area contributed by atoms with E-state index in [-0.39, 0.29) is 0 Å². The van der Waals surface area contributed by atoms with E-state index < -0.39 is 0 Å². The summed E-state index contributed by atoms with van der Waals surface area (Å²) in [4.78, 5) is 4.66. The first kappa shape index (κ1) is 18.6. The molecule has 2 aromatic carbocycles. The van der Waals surface area contributed by atoms with Crippen LogP contribution < -0.4 is 5.32 Å². The molecule has 3 aromatic rings. The minimum Gasteiger partial charge on any atom is -0.313 e. The van der Waals surface area contributed by atoms with Crippen molar-refractivity contribution >= 4 is 10.9 Å². The lowest BCUT2D eigenvalue weighted by Crippen LogP contribution is -2.14. The van der Waals surface area contributed by atoms with Gasteiger partial charge < -0.3 is 5.32 Å². The molecule has 0 amide bonds. The Morgan fingerprint density at radius 3 is 2.46 bits per heavy atom. The van der Waals surface area contributed by atoms with Gasteiger partial charge in [0.2, 0.25) is 0 Å². The summed E-state index contributed by atoms with van der Waals surface area (Å²) in [5.74, 6) is 0. The number of nitrogens with one attached hydrogen (secondary N) is 1. The van der Waals surface area contributed by atoms with Gasteiger partial charge in [-0.3, -0.25) is 4.98 Å². The summed E-state index contributed by atoms with van der Waals surface area (Å²) in [6, 6.07) is 19.7. The Hall–Kier alpha value is -2.19. The smallest absolute Gasteiger partial charge is 0.0749 e. The van der Waals surface area contributed by atoms with E-state index in [2.05, 4.69) is 71.8 Å². The van der Waals surface area contributed by atoms with Crippen molar-refractivity contribution in [2.75, 3.05) is 6.54 Å². The number of aromatic nitrogens is 1. The van der Waals surface area contributed by atoms with Crippen LogP contribution >= 0.6 is 0 Å². The van der Waals surface area contributed by atoms with E-state index in [1.165, 1.54) is 47.8 Å². The Balaban J connectivity index is 1.57. The van der Waals surface area contributed by atoms with E-state index in [0.717, 1.165) is 31.4 Å². The molecule has 2 nitrogen and oxygen atoms in total. The van der Waals surface area contributed by atoms with Crippen LogP contribution in [0, 0.1) is 0 Å². The molecule has 0 aliphatic heterocycles. The number of hydrogen-bond donors (Lipinski definition) is 1. The molecular formula is C24H30N2.